The van der Waals surface area contributed by atoms with Gasteiger partial charge in [0.25, 0.3) is 0 Å². The lowest BCUT2D eigenvalue weighted by Crippen LogP contribution is -2.13. The highest BCUT2D eigenvalue weighted by atomic mass is 35.5. The summed E-state index contributed by atoms with van der Waals surface area (Å²) < 4.78 is 38.9. The summed E-state index contributed by atoms with van der Waals surface area (Å²) in [6, 6.07) is 3.62. The maximum atomic E-state index is 13.0. The van der Waals surface area contributed by atoms with E-state index in [0.717, 1.165) is 17.7 Å². The van der Waals surface area contributed by atoms with Crippen molar-refractivity contribution in [2.75, 3.05) is 6.54 Å². The van der Waals surface area contributed by atoms with Crippen molar-refractivity contribution in [3.05, 3.63) is 56.1 Å². The van der Waals surface area contributed by atoms with Gasteiger partial charge in [0.15, 0.2) is 0 Å². The Balaban J connectivity index is 2.50. The zero-order valence-corrected chi connectivity index (χ0v) is 13.6. The molecule has 0 aromatic heterocycles. The molecule has 1 nitrogen and oxygen atoms in total. The number of nitrogens with two attached hydrogens (primary N) is 1. The molecule has 1 aliphatic carbocycles. The summed E-state index contributed by atoms with van der Waals surface area (Å²) in [5.41, 5.74) is 6.04. The highest BCUT2D eigenvalue weighted by Gasteiger charge is 2.33. The molecule has 0 heterocycles. The van der Waals surface area contributed by atoms with E-state index in [1.165, 1.54) is 12.1 Å². The predicted octanol–water partition coefficient (Wildman–Crippen LogP) is 5.51. The summed E-state index contributed by atoms with van der Waals surface area (Å²) in [7, 11) is 0. The van der Waals surface area contributed by atoms with Gasteiger partial charge in [0.05, 0.1) is 10.6 Å². The summed E-state index contributed by atoms with van der Waals surface area (Å²) in [5.74, 6) is -0.444. The van der Waals surface area contributed by atoms with Crippen LogP contribution >= 0.6 is 34.8 Å². The highest BCUT2D eigenvalue weighted by Crippen LogP contribution is 2.43. The summed E-state index contributed by atoms with van der Waals surface area (Å²) in [4.78, 5) is 0. The maximum absolute atomic E-state index is 13.0. The number of hydrogen-bond acceptors (Lipinski definition) is 1. The SMILES string of the molecule is NCCc1ccc(C(F)(F)F)cc1C1CC(Cl)=C(Cl)C=C1Cl. The van der Waals surface area contributed by atoms with E-state index in [9.17, 15) is 13.2 Å². The first-order valence-corrected chi connectivity index (χ1v) is 7.68. The second-order valence-electron chi connectivity index (χ2n) is 4.99. The molecule has 1 unspecified atom stereocenters. The zero-order valence-electron chi connectivity index (χ0n) is 11.4. The second kappa shape index (κ2) is 6.83. The Morgan fingerprint density at radius 3 is 2.45 bits per heavy atom. The Morgan fingerprint density at radius 2 is 1.86 bits per heavy atom. The molecule has 0 fully saturated rings. The lowest BCUT2D eigenvalue weighted by molar-refractivity contribution is -0.137. The van der Waals surface area contributed by atoms with Crippen molar-refractivity contribution < 1.29 is 13.2 Å². The van der Waals surface area contributed by atoms with Crippen LogP contribution in [0.1, 0.15) is 29.0 Å². The molecular weight excluding hydrogens is 358 g/mol. The average molecular weight is 371 g/mol. The van der Waals surface area contributed by atoms with Gasteiger partial charge in [0, 0.05) is 16.0 Å². The summed E-state index contributed by atoms with van der Waals surface area (Å²) in [6.45, 7) is 0.330. The second-order valence-corrected chi connectivity index (χ2v) is 6.29. The van der Waals surface area contributed by atoms with E-state index in [1.54, 1.807) is 0 Å². The molecule has 2 rings (SSSR count). The van der Waals surface area contributed by atoms with Crippen LogP contribution in [-0.2, 0) is 12.6 Å². The van der Waals surface area contributed by atoms with E-state index in [0.29, 0.717) is 33.6 Å². The molecule has 120 valence electrons. The first-order chi connectivity index (χ1) is 10.2. The molecular formula is C15H13Cl3F3N. The number of rotatable bonds is 3. The van der Waals surface area contributed by atoms with Crippen LogP contribution < -0.4 is 5.73 Å². The van der Waals surface area contributed by atoms with Crippen molar-refractivity contribution >= 4 is 34.8 Å². The van der Waals surface area contributed by atoms with Gasteiger partial charge in [0.1, 0.15) is 0 Å². The van der Waals surface area contributed by atoms with Gasteiger partial charge in [-0.2, -0.15) is 13.2 Å². The zero-order chi connectivity index (χ0) is 16.5. The van der Waals surface area contributed by atoms with Gasteiger partial charge in [-0.05, 0) is 48.7 Å². The molecule has 7 heteroatoms. The van der Waals surface area contributed by atoms with Crippen LogP contribution in [0.25, 0.3) is 0 Å². The van der Waals surface area contributed by atoms with Crippen LogP contribution in [0.2, 0.25) is 0 Å². The minimum atomic E-state index is -4.42. The molecule has 0 radical (unpaired) electrons. The molecule has 0 bridgehead atoms. The lowest BCUT2D eigenvalue weighted by Gasteiger charge is -2.24. The van der Waals surface area contributed by atoms with Crippen LogP contribution in [0, 0.1) is 0 Å². The molecule has 0 amide bonds. The van der Waals surface area contributed by atoms with Gasteiger partial charge in [0.2, 0.25) is 0 Å². The van der Waals surface area contributed by atoms with Crippen LogP contribution in [0.15, 0.2) is 39.4 Å². The van der Waals surface area contributed by atoms with Crippen molar-refractivity contribution in [3.63, 3.8) is 0 Å². The molecule has 1 aliphatic rings. The van der Waals surface area contributed by atoms with E-state index in [1.807, 2.05) is 0 Å². The third-order valence-electron chi connectivity index (χ3n) is 3.50. The van der Waals surface area contributed by atoms with E-state index in [-0.39, 0.29) is 6.42 Å². The van der Waals surface area contributed by atoms with E-state index >= 15 is 0 Å². The maximum Gasteiger partial charge on any atom is 0.416 e. The predicted molar refractivity (Wildman–Crippen MR) is 84.2 cm³/mol. The summed E-state index contributed by atoms with van der Waals surface area (Å²) in [6.07, 6.45) is -2.21. The average Bonchev–Trinajstić information content (AvgIpc) is 2.42. The summed E-state index contributed by atoms with van der Waals surface area (Å²) in [5, 5.41) is 1.06. The number of hydrogen-bond donors (Lipinski definition) is 1. The molecule has 0 saturated carbocycles. The Bertz CT molecular complexity index is 635. The van der Waals surface area contributed by atoms with Crippen LogP contribution in [0.4, 0.5) is 13.2 Å². The fourth-order valence-electron chi connectivity index (χ4n) is 2.41. The normalized spacial score (nSPS) is 19.4. The minimum Gasteiger partial charge on any atom is -0.330 e. The van der Waals surface area contributed by atoms with Crippen molar-refractivity contribution in [1.29, 1.82) is 0 Å². The molecule has 22 heavy (non-hydrogen) atoms. The number of halogens is 6. The van der Waals surface area contributed by atoms with Gasteiger partial charge < -0.3 is 5.73 Å². The van der Waals surface area contributed by atoms with Crippen molar-refractivity contribution in [2.24, 2.45) is 5.73 Å². The van der Waals surface area contributed by atoms with Crippen LogP contribution in [0.5, 0.6) is 0 Å². The molecule has 2 N–H and O–H groups in total. The monoisotopic (exact) mass is 369 g/mol. The van der Waals surface area contributed by atoms with Crippen LogP contribution in [-0.4, -0.2) is 6.54 Å². The Labute approximate surface area is 141 Å². The van der Waals surface area contributed by atoms with E-state index in [4.69, 9.17) is 40.5 Å². The standard InChI is InChI=1S/C15H13Cl3F3N/c16-12-7-14(18)13(17)6-11(12)10-5-9(15(19,20)21)2-1-8(10)3-4-22/h1-2,5,7,11H,3-4,6,22H2. The topological polar surface area (TPSA) is 26.0 Å². The van der Waals surface area contributed by atoms with Gasteiger partial charge in [-0.15, -0.1) is 0 Å². The van der Waals surface area contributed by atoms with Crippen molar-refractivity contribution in [3.8, 4) is 0 Å². The molecule has 1 aromatic carbocycles. The first-order valence-electron chi connectivity index (χ1n) is 6.55. The smallest absolute Gasteiger partial charge is 0.330 e. The highest BCUT2D eigenvalue weighted by molar-refractivity contribution is 6.42. The van der Waals surface area contributed by atoms with Crippen molar-refractivity contribution in [1.82, 2.24) is 0 Å². The minimum absolute atomic E-state index is 0.272. The Kier molecular flexibility index (Phi) is 5.49. The molecule has 1 atom stereocenters. The molecule has 0 spiro atoms. The third kappa shape index (κ3) is 3.80. The quantitative estimate of drug-likeness (QED) is 0.746. The largest absolute Gasteiger partial charge is 0.416 e. The number of benzene rings is 1. The molecule has 1 aromatic rings. The Morgan fingerprint density at radius 1 is 1.18 bits per heavy atom. The lowest BCUT2D eigenvalue weighted by atomic mass is 9.86. The number of allylic oxidation sites excluding steroid dienone is 4. The van der Waals surface area contributed by atoms with Gasteiger partial charge in [-0.1, -0.05) is 40.9 Å². The van der Waals surface area contributed by atoms with Crippen LogP contribution in [0.3, 0.4) is 0 Å². The fourth-order valence-corrected chi connectivity index (χ4v) is 3.17. The van der Waals surface area contributed by atoms with Gasteiger partial charge in [-0.3, -0.25) is 0 Å². The fraction of sp³-hybridized carbons (Fsp3) is 0.333. The molecule has 0 saturated heterocycles. The molecule has 0 aliphatic heterocycles. The van der Waals surface area contributed by atoms with Gasteiger partial charge in [-0.25, -0.2) is 0 Å². The van der Waals surface area contributed by atoms with E-state index < -0.39 is 17.7 Å². The third-order valence-corrected chi connectivity index (χ3v) is 4.67. The Hall–Kier alpha value is -0.680. The van der Waals surface area contributed by atoms with E-state index in [2.05, 4.69) is 0 Å². The number of alkyl halides is 3. The van der Waals surface area contributed by atoms with Crippen molar-refractivity contribution in [2.45, 2.75) is 24.9 Å². The summed E-state index contributed by atoms with van der Waals surface area (Å²) >= 11 is 18.1. The van der Waals surface area contributed by atoms with Gasteiger partial charge >= 0.3 is 6.18 Å². The first kappa shape index (κ1) is 17.7.